The number of anilines is 2. The van der Waals surface area contributed by atoms with E-state index in [0.717, 1.165) is 25.4 Å². The first kappa shape index (κ1) is 17.2. The van der Waals surface area contributed by atoms with Gasteiger partial charge in [-0.2, -0.15) is 0 Å². The van der Waals surface area contributed by atoms with Crippen LogP contribution in [0, 0.1) is 5.92 Å². The summed E-state index contributed by atoms with van der Waals surface area (Å²) in [5.74, 6) is 1.50. The highest BCUT2D eigenvalue weighted by Gasteiger charge is 2.24. The van der Waals surface area contributed by atoms with Gasteiger partial charge in [-0.1, -0.05) is 37.7 Å². The highest BCUT2D eigenvalue weighted by atomic mass is 32.2. The minimum atomic E-state index is 0.536. The van der Waals surface area contributed by atoms with Crippen molar-refractivity contribution in [1.82, 2.24) is 0 Å². The number of hydrogen-bond donors (Lipinski definition) is 1. The molecule has 0 saturated heterocycles. The van der Waals surface area contributed by atoms with Gasteiger partial charge in [0.1, 0.15) is 5.75 Å². The Bertz CT molecular complexity index is 700. The number of para-hydroxylation sites is 1. The maximum atomic E-state index is 5.92. The van der Waals surface area contributed by atoms with Crippen LogP contribution in [0.2, 0.25) is 0 Å². The van der Waals surface area contributed by atoms with E-state index in [1.54, 1.807) is 0 Å². The van der Waals surface area contributed by atoms with Gasteiger partial charge >= 0.3 is 0 Å². The zero-order chi connectivity index (χ0) is 17.1. The largest absolute Gasteiger partial charge is 0.493 e. The van der Waals surface area contributed by atoms with Crippen LogP contribution in [0.5, 0.6) is 5.75 Å². The van der Waals surface area contributed by atoms with E-state index in [9.17, 15) is 0 Å². The summed E-state index contributed by atoms with van der Waals surface area (Å²) in [5, 5.41) is 0. The maximum Gasteiger partial charge on any atom is 0.120 e. The van der Waals surface area contributed by atoms with Gasteiger partial charge in [-0.25, -0.2) is 0 Å². The van der Waals surface area contributed by atoms with Crippen LogP contribution in [-0.4, -0.2) is 33.8 Å². The Balaban J connectivity index is 1.91. The molecule has 4 heteroatoms. The van der Waals surface area contributed by atoms with Crippen LogP contribution in [0.4, 0.5) is 11.4 Å². The molecule has 3 nitrogen and oxygen atoms in total. The van der Waals surface area contributed by atoms with E-state index in [0.29, 0.717) is 5.92 Å². The van der Waals surface area contributed by atoms with E-state index >= 15 is 0 Å². The second-order valence-electron chi connectivity index (χ2n) is 7.01. The van der Waals surface area contributed by atoms with Gasteiger partial charge in [-0.15, -0.1) is 0 Å². The number of rotatable bonds is 6. The Morgan fingerprint density at radius 1 is 1.04 bits per heavy atom. The number of ether oxygens (including phenoxy) is 1. The lowest BCUT2D eigenvalue weighted by atomic mass is 10.2. The lowest BCUT2D eigenvalue weighted by molar-refractivity contribution is -0.856. The molecule has 0 saturated carbocycles. The summed E-state index contributed by atoms with van der Waals surface area (Å²) >= 11 is 1.84. The number of nitrogens with one attached hydrogen (secondary N) is 1. The van der Waals surface area contributed by atoms with Gasteiger partial charge < -0.3 is 14.5 Å². The molecule has 2 aromatic rings. The topological polar surface area (TPSA) is 16.9 Å². The Kier molecular flexibility index (Phi) is 5.36. The lowest BCUT2D eigenvalue weighted by Gasteiger charge is -2.33. The number of quaternary nitrogens is 1. The van der Waals surface area contributed by atoms with E-state index in [4.69, 9.17) is 4.74 Å². The summed E-state index contributed by atoms with van der Waals surface area (Å²) in [6.07, 6.45) is 0. The minimum Gasteiger partial charge on any atom is -0.493 e. The van der Waals surface area contributed by atoms with E-state index < -0.39 is 0 Å². The van der Waals surface area contributed by atoms with Gasteiger partial charge in [0.25, 0.3) is 0 Å². The Morgan fingerprint density at radius 3 is 2.54 bits per heavy atom. The van der Waals surface area contributed by atoms with Crippen LogP contribution < -0.4 is 14.5 Å². The van der Waals surface area contributed by atoms with Crippen LogP contribution in [0.25, 0.3) is 0 Å². The van der Waals surface area contributed by atoms with Gasteiger partial charge in [0.15, 0.2) is 0 Å². The van der Waals surface area contributed by atoms with Crippen molar-refractivity contribution in [3.63, 3.8) is 0 Å². The van der Waals surface area contributed by atoms with Crippen LogP contribution in [0.1, 0.15) is 13.8 Å². The zero-order valence-electron chi connectivity index (χ0n) is 15.0. The van der Waals surface area contributed by atoms with Crippen molar-refractivity contribution in [2.45, 2.75) is 23.6 Å². The fraction of sp³-hybridized carbons (Fsp3) is 0.400. The molecule has 3 rings (SSSR count). The summed E-state index contributed by atoms with van der Waals surface area (Å²) in [7, 11) is 4.41. The molecule has 24 heavy (non-hydrogen) atoms. The van der Waals surface area contributed by atoms with Crippen molar-refractivity contribution in [2.24, 2.45) is 5.92 Å². The predicted octanol–water partition coefficient (Wildman–Crippen LogP) is 3.47. The van der Waals surface area contributed by atoms with Crippen molar-refractivity contribution < 1.29 is 9.64 Å². The molecule has 0 amide bonds. The Morgan fingerprint density at radius 2 is 1.79 bits per heavy atom. The number of likely N-dealkylation sites (N-methyl/N-ethyl adjacent to an activating group) is 1. The average Bonchev–Trinajstić information content (AvgIpc) is 2.56. The normalized spacial score (nSPS) is 13.2. The molecular formula is C20H27N2OS+. The van der Waals surface area contributed by atoms with Crippen molar-refractivity contribution >= 4 is 23.1 Å². The maximum absolute atomic E-state index is 5.92. The Hall–Kier alpha value is -1.65. The first-order chi connectivity index (χ1) is 11.5. The van der Waals surface area contributed by atoms with E-state index in [-0.39, 0.29) is 0 Å². The minimum absolute atomic E-state index is 0.536. The highest BCUT2D eigenvalue weighted by molar-refractivity contribution is 7.99. The van der Waals surface area contributed by atoms with Crippen LogP contribution in [0.15, 0.2) is 52.3 Å². The molecule has 1 N–H and O–H groups in total. The number of hydrogen-bond acceptors (Lipinski definition) is 3. The molecule has 1 heterocycles. The lowest BCUT2D eigenvalue weighted by Crippen LogP contribution is -3.06. The molecule has 2 aromatic carbocycles. The number of fused-ring (bicyclic) bond motifs is 2. The SMILES string of the molecule is CC(C)COc1ccc2c(c1)Sc1ccccc1N2CC[NH+](C)C. The molecule has 0 spiro atoms. The molecule has 128 valence electrons. The molecule has 0 bridgehead atoms. The van der Waals surface area contributed by atoms with E-state index in [1.807, 2.05) is 11.8 Å². The van der Waals surface area contributed by atoms with Crippen LogP contribution >= 0.6 is 11.8 Å². The molecule has 0 radical (unpaired) electrons. The first-order valence-electron chi connectivity index (χ1n) is 8.65. The fourth-order valence-corrected chi connectivity index (χ4v) is 3.87. The molecule has 1 aliphatic heterocycles. The quantitative estimate of drug-likeness (QED) is 0.865. The van der Waals surface area contributed by atoms with Gasteiger partial charge in [0, 0.05) is 9.79 Å². The predicted molar refractivity (Wildman–Crippen MR) is 102 cm³/mol. The standard InChI is InChI=1S/C20H26N2OS/c1-15(2)14-23-16-9-10-18-20(13-16)24-19-8-6-5-7-17(19)22(18)12-11-21(3)4/h5-10,13,15H,11-12,14H2,1-4H3/p+1. The number of benzene rings is 2. The van der Waals surface area contributed by atoms with Crippen molar-refractivity contribution in [3.8, 4) is 5.75 Å². The smallest absolute Gasteiger partial charge is 0.120 e. The van der Waals surface area contributed by atoms with E-state index in [1.165, 1.54) is 26.1 Å². The molecular weight excluding hydrogens is 316 g/mol. The fourth-order valence-electron chi connectivity index (χ4n) is 2.74. The summed E-state index contributed by atoms with van der Waals surface area (Å²) in [4.78, 5) is 6.51. The third kappa shape index (κ3) is 3.87. The third-order valence-corrected chi connectivity index (χ3v) is 5.13. The summed E-state index contributed by atoms with van der Waals surface area (Å²) < 4.78 is 5.92. The van der Waals surface area contributed by atoms with Crippen molar-refractivity contribution in [2.75, 3.05) is 38.7 Å². The van der Waals surface area contributed by atoms with Crippen LogP contribution in [-0.2, 0) is 0 Å². The second kappa shape index (κ2) is 7.49. The molecule has 0 fully saturated rings. The summed E-state index contributed by atoms with van der Waals surface area (Å²) in [5.41, 5.74) is 2.60. The monoisotopic (exact) mass is 343 g/mol. The Labute approximate surface area is 149 Å². The highest BCUT2D eigenvalue weighted by Crippen LogP contribution is 2.48. The summed E-state index contributed by atoms with van der Waals surface area (Å²) in [6.45, 7) is 7.22. The first-order valence-corrected chi connectivity index (χ1v) is 9.46. The van der Waals surface area contributed by atoms with Crippen molar-refractivity contribution in [1.29, 1.82) is 0 Å². The molecule has 0 atom stereocenters. The van der Waals surface area contributed by atoms with Gasteiger partial charge in [0.05, 0.1) is 45.2 Å². The van der Waals surface area contributed by atoms with Gasteiger partial charge in [-0.3, -0.25) is 0 Å². The average molecular weight is 344 g/mol. The van der Waals surface area contributed by atoms with Crippen molar-refractivity contribution in [3.05, 3.63) is 42.5 Å². The van der Waals surface area contributed by atoms with Gasteiger partial charge in [0.2, 0.25) is 0 Å². The zero-order valence-corrected chi connectivity index (χ0v) is 15.8. The molecule has 0 aliphatic carbocycles. The van der Waals surface area contributed by atoms with Crippen LogP contribution in [0.3, 0.4) is 0 Å². The third-order valence-electron chi connectivity index (χ3n) is 4.02. The van der Waals surface area contributed by atoms with E-state index in [2.05, 4.69) is 75.3 Å². The van der Waals surface area contributed by atoms with Gasteiger partial charge in [-0.05, 0) is 36.2 Å². The molecule has 0 unspecified atom stereocenters. The number of nitrogens with zero attached hydrogens (tertiary/aromatic N) is 1. The molecule has 0 aromatic heterocycles. The molecule has 1 aliphatic rings. The second-order valence-corrected chi connectivity index (χ2v) is 8.10. The summed E-state index contributed by atoms with van der Waals surface area (Å²) in [6, 6.07) is 15.2.